The monoisotopic (exact) mass is 436 g/mol. The number of hydrogen-bond donors (Lipinski definition) is 0. The Kier molecular flexibility index (Phi) is 7.94. The van der Waals surface area contributed by atoms with Crippen LogP contribution >= 0.6 is 0 Å². The van der Waals surface area contributed by atoms with Gasteiger partial charge in [0.1, 0.15) is 5.78 Å². The standard InChI is InChI=1S/C32H36O/c1-3-11-27(32(33)21-20-25-12-5-4-6-13-25)17-9-14-26-15-10-18-28(22-26)31-23-29-16-7-8-19-30(29)24(31)2/h4-8,10,12-13,15-16,18-19,22-24,27H,3,9,11,14,17,20-21H2,1-2H3. The zero-order chi connectivity index (χ0) is 23.0. The fourth-order valence-electron chi connectivity index (χ4n) is 5.22. The van der Waals surface area contributed by atoms with Crippen LogP contribution in [0.3, 0.4) is 0 Å². The van der Waals surface area contributed by atoms with Crippen molar-refractivity contribution in [1.82, 2.24) is 0 Å². The Morgan fingerprint density at radius 1 is 0.848 bits per heavy atom. The maximum atomic E-state index is 12.9. The molecule has 0 heterocycles. The van der Waals surface area contributed by atoms with Gasteiger partial charge in [-0.2, -0.15) is 0 Å². The van der Waals surface area contributed by atoms with Gasteiger partial charge >= 0.3 is 0 Å². The van der Waals surface area contributed by atoms with Gasteiger partial charge in [0.25, 0.3) is 0 Å². The third-order valence-corrected chi connectivity index (χ3v) is 7.11. The number of rotatable bonds is 11. The zero-order valence-electron chi connectivity index (χ0n) is 20.1. The van der Waals surface area contributed by atoms with Crippen LogP contribution in [0.5, 0.6) is 0 Å². The van der Waals surface area contributed by atoms with Crippen molar-refractivity contribution in [3.8, 4) is 0 Å². The molecule has 0 saturated carbocycles. The SMILES string of the molecule is CCCC(CCCc1cccc(C2=Cc3ccccc3C2C)c1)C(=O)CCc1ccccc1. The van der Waals surface area contributed by atoms with Crippen molar-refractivity contribution in [2.24, 2.45) is 5.92 Å². The van der Waals surface area contributed by atoms with Crippen LogP contribution in [0.4, 0.5) is 0 Å². The highest BCUT2D eigenvalue weighted by molar-refractivity contribution is 5.91. The molecule has 1 aliphatic carbocycles. The van der Waals surface area contributed by atoms with E-state index in [1.165, 1.54) is 33.4 Å². The number of hydrogen-bond acceptors (Lipinski definition) is 1. The van der Waals surface area contributed by atoms with Gasteiger partial charge in [-0.3, -0.25) is 4.79 Å². The van der Waals surface area contributed by atoms with Crippen LogP contribution in [0.25, 0.3) is 11.6 Å². The Hall–Kier alpha value is -2.93. The number of fused-ring (bicyclic) bond motifs is 1. The van der Waals surface area contributed by atoms with Crippen LogP contribution in [0, 0.1) is 5.92 Å². The number of allylic oxidation sites excluding steroid dienone is 1. The first-order valence-electron chi connectivity index (χ1n) is 12.6. The first-order chi connectivity index (χ1) is 16.2. The van der Waals surface area contributed by atoms with Gasteiger partial charge in [0.05, 0.1) is 0 Å². The molecule has 3 aromatic carbocycles. The summed E-state index contributed by atoms with van der Waals surface area (Å²) < 4.78 is 0. The largest absolute Gasteiger partial charge is 0.299 e. The van der Waals surface area contributed by atoms with Crippen LogP contribution < -0.4 is 0 Å². The maximum Gasteiger partial charge on any atom is 0.136 e. The molecular formula is C32H36O. The summed E-state index contributed by atoms with van der Waals surface area (Å²) in [5.41, 5.74) is 8.16. The quantitative estimate of drug-likeness (QED) is 0.295. The summed E-state index contributed by atoms with van der Waals surface area (Å²) in [6.07, 6.45) is 9.06. The molecule has 0 spiro atoms. The lowest BCUT2D eigenvalue weighted by Crippen LogP contribution is -2.15. The lowest BCUT2D eigenvalue weighted by Gasteiger charge is -2.16. The van der Waals surface area contributed by atoms with Gasteiger partial charge < -0.3 is 0 Å². The molecule has 1 aliphatic rings. The van der Waals surface area contributed by atoms with Crippen molar-refractivity contribution in [2.45, 2.75) is 64.7 Å². The summed E-state index contributed by atoms with van der Waals surface area (Å²) >= 11 is 0. The number of carbonyl (C=O) groups is 1. The normalized spacial score (nSPS) is 15.7. The van der Waals surface area contributed by atoms with Gasteiger partial charge in [-0.25, -0.2) is 0 Å². The molecule has 170 valence electrons. The van der Waals surface area contributed by atoms with Gasteiger partial charge in [-0.05, 0) is 65.5 Å². The van der Waals surface area contributed by atoms with E-state index < -0.39 is 0 Å². The predicted molar refractivity (Wildman–Crippen MR) is 140 cm³/mol. The van der Waals surface area contributed by atoms with E-state index in [9.17, 15) is 4.79 Å². The van der Waals surface area contributed by atoms with Crippen LogP contribution in [0.15, 0.2) is 78.9 Å². The molecule has 0 bridgehead atoms. The highest BCUT2D eigenvalue weighted by atomic mass is 16.1. The first-order valence-corrected chi connectivity index (χ1v) is 12.6. The van der Waals surface area contributed by atoms with Crippen molar-refractivity contribution >= 4 is 17.4 Å². The lowest BCUT2D eigenvalue weighted by molar-refractivity contribution is -0.123. The lowest BCUT2D eigenvalue weighted by atomic mass is 9.88. The summed E-state index contributed by atoms with van der Waals surface area (Å²) in [6, 6.07) is 28.1. The van der Waals surface area contributed by atoms with Crippen molar-refractivity contribution < 1.29 is 4.79 Å². The number of ketones is 1. The van der Waals surface area contributed by atoms with Gasteiger partial charge in [-0.15, -0.1) is 0 Å². The summed E-state index contributed by atoms with van der Waals surface area (Å²) in [5, 5.41) is 0. The first kappa shape index (κ1) is 23.2. The van der Waals surface area contributed by atoms with E-state index in [-0.39, 0.29) is 5.92 Å². The van der Waals surface area contributed by atoms with Crippen molar-refractivity contribution in [3.63, 3.8) is 0 Å². The van der Waals surface area contributed by atoms with E-state index in [2.05, 4.69) is 92.7 Å². The second kappa shape index (κ2) is 11.3. The molecule has 1 heteroatoms. The van der Waals surface area contributed by atoms with Gasteiger partial charge in [0.15, 0.2) is 0 Å². The molecular weight excluding hydrogens is 400 g/mol. The molecule has 2 atom stereocenters. The molecule has 2 unspecified atom stereocenters. The van der Waals surface area contributed by atoms with Gasteiger partial charge in [-0.1, -0.05) is 105 Å². The second-order valence-corrected chi connectivity index (χ2v) is 9.48. The predicted octanol–water partition coefficient (Wildman–Crippen LogP) is 8.29. The topological polar surface area (TPSA) is 17.1 Å². The van der Waals surface area contributed by atoms with Crippen LogP contribution in [0.1, 0.15) is 79.7 Å². The Morgan fingerprint density at radius 2 is 1.61 bits per heavy atom. The molecule has 0 saturated heterocycles. The molecule has 0 fully saturated rings. The minimum absolute atomic E-state index is 0.203. The van der Waals surface area contributed by atoms with Crippen LogP contribution in [-0.2, 0) is 17.6 Å². The highest BCUT2D eigenvalue weighted by Gasteiger charge is 2.22. The molecule has 4 rings (SSSR count). The van der Waals surface area contributed by atoms with E-state index >= 15 is 0 Å². The third kappa shape index (κ3) is 5.90. The molecule has 0 amide bonds. The average Bonchev–Trinajstić information content (AvgIpc) is 3.19. The Morgan fingerprint density at radius 3 is 2.39 bits per heavy atom. The molecule has 0 aliphatic heterocycles. The fourth-order valence-corrected chi connectivity index (χ4v) is 5.22. The van der Waals surface area contributed by atoms with E-state index in [1.807, 2.05) is 6.07 Å². The van der Waals surface area contributed by atoms with E-state index in [0.717, 1.165) is 38.5 Å². The molecule has 1 nitrogen and oxygen atoms in total. The number of benzene rings is 3. The molecule has 0 aromatic heterocycles. The van der Waals surface area contributed by atoms with Gasteiger partial charge in [0.2, 0.25) is 0 Å². The molecule has 33 heavy (non-hydrogen) atoms. The minimum Gasteiger partial charge on any atom is -0.299 e. The maximum absolute atomic E-state index is 12.9. The van der Waals surface area contributed by atoms with Crippen LogP contribution in [-0.4, -0.2) is 5.78 Å². The zero-order valence-corrected chi connectivity index (χ0v) is 20.1. The summed E-state index contributed by atoms with van der Waals surface area (Å²) in [4.78, 5) is 12.9. The Bertz CT molecular complexity index is 1090. The molecule has 3 aromatic rings. The van der Waals surface area contributed by atoms with Crippen LogP contribution in [0.2, 0.25) is 0 Å². The summed E-state index contributed by atoms with van der Waals surface area (Å²) in [5.74, 6) is 1.08. The second-order valence-electron chi connectivity index (χ2n) is 9.48. The highest BCUT2D eigenvalue weighted by Crippen LogP contribution is 2.41. The fraction of sp³-hybridized carbons (Fsp3) is 0.344. The van der Waals surface area contributed by atoms with Crippen molar-refractivity contribution in [3.05, 3.63) is 107 Å². The number of aryl methyl sites for hydroxylation is 2. The van der Waals surface area contributed by atoms with E-state index in [4.69, 9.17) is 0 Å². The summed E-state index contributed by atoms with van der Waals surface area (Å²) in [7, 11) is 0. The van der Waals surface area contributed by atoms with E-state index in [0.29, 0.717) is 18.1 Å². The van der Waals surface area contributed by atoms with Gasteiger partial charge in [0, 0.05) is 18.3 Å². The smallest absolute Gasteiger partial charge is 0.136 e. The third-order valence-electron chi connectivity index (χ3n) is 7.11. The molecule has 0 N–H and O–H groups in total. The Labute approximate surface area is 199 Å². The number of Topliss-reactive ketones (excluding diaryl/α,β-unsaturated/α-hetero) is 1. The van der Waals surface area contributed by atoms with E-state index in [1.54, 1.807) is 0 Å². The molecule has 0 radical (unpaired) electrons. The van der Waals surface area contributed by atoms with Crippen molar-refractivity contribution in [2.75, 3.05) is 0 Å². The Balaban J connectivity index is 1.33. The minimum atomic E-state index is 0.203. The summed E-state index contributed by atoms with van der Waals surface area (Å²) in [6.45, 7) is 4.50. The van der Waals surface area contributed by atoms with Crippen molar-refractivity contribution in [1.29, 1.82) is 0 Å². The average molecular weight is 437 g/mol. The number of carbonyl (C=O) groups excluding carboxylic acids is 1.